The van der Waals surface area contributed by atoms with Gasteiger partial charge in [0.05, 0.1) is 31.3 Å². The molecule has 1 saturated heterocycles. The Morgan fingerprint density at radius 3 is 1.39 bits per heavy atom. The van der Waals surface area contributed by atoms with Gasteiger partial charge < -0.3 is 138 Å². The van der Waals surface area contributed by atoms with Gasteiger partial charge in [-0.1, -0.05) is 123 Å². The lowest BCUT2D eigenvalue weighted by molar-refractivity contribution is -0.138. The van der Waals surface area contributed by atoms with E-state index >= 15 is 33.6 Å². The molecule has 1 aliphatic heterocycles. The summed E-state index contributed by atoms with van der Waals surface area (Å²) in [6, 6.07) is 13.2. The average Bonchev–Trinajstić information content (AvgIpc) is 1.74. The number of rotatable bonds is 31. The summed E-state index contributed by atoms with van der Waals surface area (Å²) in [5, 5.41) is 93.8. The monoisotopic (exact) mass is 1970 g/mol. The minimum Gasteiger partial charge on any atom is -0.508 e. The Bertz CT molecular complexity index is 5420. The summed E-state index contributed by atoms with van der Waals surface area (Å²) in [7, 11) is 1.60. The molecule has 1 unspecified atom stereocenters. The van der Waals surface area contributed by atoms with Crippen LogP contribution in [0.4, 0.5) is 0 Å². The number of unbranched alkanes of at least 4 members (excludes halogenated alkanes) is 2. The van der Waals surface area contributed by atoms with E-state index in [0.717, 1.165) is 18.7 Å². The molecular weight excluding hydrogens is 1840 g/mol. The summed E-state index contributed by atoms with van der Waals surface area (Å²) < 4.78 is 1.53. The van der Waals surface area contributed by atoms with Crippen LogP contribution in [0.1, 0.15) is 126 Å². The van der Waals surface area contributed by atoms with Gasteiger partial charge in [0.25, 0.3) is 0 Å². The summed E-state index contributed by atoms with van der Waals surface area (Å²) in [6.07, 6.45) is 1.40. The van der Waals surface area contributed by atoms with E-state index in [9.17, 15) is 63.6 Å². The molecule has 15 atom stereocenters. The Labute approximate surface area is 819 Å². The quantitative estimate of drug-likeness (QED) is 0.0114. The number of imidazole rings is 1. The Morgan fingerprint density at radius 2 is 0.915 bits per heavy atom. The van der Waals surface area contributed by atoms with E-state index in [4.69, 9.17) is 28.3 Å². The predicted octanol–water partition coefficient (Wildman–Crippen LogP) is -3.45. The van der Waals surface area contributed by atoms with Crippen LogP contribution in [0.2, 0.25) is 0 Å². The molecule has 0 bridgehead atoms. The molecule has 2 aromatic heterocycles. The standard InChI is InChI=1S/C96H132N24O20S/c1-7-54(2)79-92(138)109-68(29-20-40-103-95(100)101)82(128)107-67(28-17-19-39-98)84(130)114-75(50-121)91(137)119-96(4,5)94(140)116-72(42-57-23-12-9-13-24-57)88(134)108-66(27-16-18-38-97)83(129)110-70(43-58-30-34-62(123)35-31-58)86(132)112-73(45-60-47-104-65-26-15-14-25-64(60)65)89(135)111-71(44-59-32-36-63(124)37-33-59)87(133)115-76(81(127)105-49-77(99)125)51-141-52-78(126)106-69(41-56-21-10-8-11-22-56)85(131)113-74(46-61-48-102-53-120(61)6)90(136)118-80(55(3)122)93(139)117-79/h8-15,21-26,30-37,47-48,53-55,66-76,79-80,104,121-124H,7,16-20,27-29,38-46,49-52,97-98H2,1-6H3,(H2,99,125)(H,105,127)(H,106,126)(H,107,128)(H,108,134)(H,109,138)(H,110,129)(H,111,135)(H,112,132)(H,113,131)(H,114,130)(H,115,133)(H,116,140)(H,117,139)(H,118,136)(H,119,137)(H4,100,101,103)/t54-,55+,66-,67-,68-,69?,70-,71-,72-,73-,74-,75-,76-,79-,80-/m0/s1. The number of H-pyrrole nitrogens is 1. The molecule has 0 saturated carbocycles. The van der Waals surface area contributed by atoms with Crippen LogP contribution in [0.5, 0.6) is 11.5 Å². The first kappa shape index (κ1) is 112. The number of aromatic hydroxyl groups is 2. The van der Waals surface area contributed by atoms with Crippen molar-refractivity contribution in [3.63, 3.8) is 0 Å². The maximum absolute atomic E-state index is 15.7. The van der Waals surface area contributed by atoms with Crippen molar-refractivity contribution in [2.45, 2.75) is 221 Å². The zero-order valence-electron chi connectivity index (χ0n) is 79.6. The van der Waals surface area contributed by atoms with Gasteiger partial charge in [0.15, 0.2) is 5.96 Å². The molecule has 1 fully saturated rings. The third-order valence-electron chi connectivity index (χ3n) is 23.6. The molecular formula is C96H132N24O20S. The van der Waals surface area contributed by atoms with Crippen molar-refractivity contribution >= 4 is 123 Å². The number of phenolic OH excluding ortho intramolecular Hbond substituents is 2. The molecule has 1 aliphatic rings. The zero-order valence-corrected chi connectivity index (χ0v) is 80.4. The molecule has 3 heterocycles. The number of carbonyl (C=O) groups is 16. The first-order chi connectivity index (χ1) is 67.3. The minimum absolute atomic E-state index is 0.0219. The molecule has 44 nitrogen and oxygen atoms in total. The number of hydrogen-bond acceptors (Lipinski definition) is 25. The van der Waals surface area contributed by atoms with Crippen molar-refractivity contribution in [1.29, 1.82) is 5.41 Å². The van der Waals surface area contributed by atoms with Crippen LogP contribution in [0.25, 0.3) is 10.9 Å². The van der Waals surface area contributed by atoms with Crippen molar-refractivity contribution in [1.82, 2.24) is 99.6 Å². The maximum Gasteiger partial charge on any atom is 0.245 e. The lowest BCUT2D eigenvalue weighted by Gasteiger charge is -2.31. The van der Waals surface area contributed by atoms with Crippen LogP contribution in [0, 0.1) is 11.3 Å². The zero-order chi connectivity index (χ0) is 103. The highest BCUT2D eigenvalue weighted by molar-refractivity contribution is 8.00. The van der Waals surface area contributed by atoms with Gasteiger partial charge in [-0.25, -0.2) is 4.98 Å². The third kappa shape index (κ3) is 36.0. The number of aliphatic hydroxyl groups excluding tert-OH is 2. The smallest absolute Gasteiger partial charge is 0.245 e. The number of phenols is 2. The maximum atomic E-state index is 15.7. The fraction of sp³-hybridized carbons (Fsp3) is 0.458. The van der Waals surface area contributed by atoms with Crippen LogP contribution >= 0.6 is 11.8 Å². The number of carbonyl (C=O) groups excluding carboxylic acids is 16. The summed E-state index contributed by atoms with van der Waals surface area (Å²) in [5.41, 5.74) is 24.0. The molecule has 5 aromatic carbocycles. The van der Waals surface area contributed by atoms with Gasteiger partial charge in [-0.15, -0.1) is 11.8 Å². The molecule has 7 aromatic rings. The van der Waals surface area contributed by atoms with Gasteiger partial charge in [0, 0.05) is 86.9 Å². The fourth-order valence-corrected chi connectivity index (χ4v) is 16.2. The van der Waals surface area contributed by atoms with Crippen LogP contribution in [-0.4, -0.2) is 270 Å². The molecule has 8 rings (SSSR count). The van der Waals surface area contributed by atoms with Gasteiger partial charge >= 0.3 is 0 Å². The molecule has 0 aliphatic carbocycles. The number of para-hydroxylation sites is 1. The van der Waals surface area contributed by atoms with Crippen molar-refractivity contribution in [2.24, 2.45) is 35.9 Å². The molecule has 0 spiro atoms. The molecule has 0 radical (unpaired) electrons. The van der Waals surface area contributed by atoms with E-state index in [0.29, 0.717) is 57.3 Å². The highest BCUT2D eigenvalue weighted by Gasteiger charge is 2.42. The van der Waals surface area contributed by atoms with E-state index in [1.165, 1.54) is 79.5 Å². The SMILES string of the molecule is CC[C@H](C)[C@@H]1NC(=O)[C@H]([C@@H](C)O)NC(=O)[C@H](Cc2cncn2C)NC(=O)C(Cc2ccccc2)NC(=O)CSC[C@@H](C(=O)NCC(N)=O)NC(=O)[C@H](Cc2ccc(O)cc2)NC(=O)[C@H](Cc2c[nH]c3ccccc23)NC(=O)[C@H](Cc2ccc(O)cc2)NC(=O)[C@H](CCCCN)NC(=O)[C@H](Cc2ccccc2)NC(=O)C(C)(C)NC(=O)[C@H](CO)NC(=O)[C@H](CCCCN)NC(=O)[C@H](CCCNC(=N)N)NC1=O. The van der Waals surface area contributed by atoms with Gasteiger partial charge in [-0.3, -0.25) is 82.1 Å². The number of fused-ring (bicyclic) bond motifs is 1. The number of nitrogens with two attached hydrogens (primary N) is 4. The van der Waals surface area contributed by atoms with Crippen molar-refractivity contribution < 1.29 is 97.1 Å². The summed E-state index contributed by atoms with van der Waals surface area (Å²) >= 11 is 0.754. The van der Waals surface area contributed by atoms with E-state index in [1.807, 2.05) is 0 Å². The lowest BCUT2D eigenvalue weighted by Crippen LogP contribution is -2.64. The fourth-order valence-electron chi connectivity index (χ4n) is 15.3. The second-order valence-corrected chi connectivity index (χ2v) is 36.3. The molecule has 16 amide bonds. The van der Waals surface area contributed by atoms with Crippen molar-refractivity contribution in [3.8, 4) is 11.5 Å². The number of aryl methyl sites for hydroxylation is 1. The van der Waals surface area contributed by atoms with Crippen LogP contribution in [-0.2, 0) is 122 Å². The van der Waals surface area contributed by atoms with Gasteiger partial charge in [0.1, 0.15) is 95.6 Å². The summed E-state index contributed by atoms with van der Waals surface area (Å²) in [4.78, 5) is 245. The average molecular weight is 1970 g/mol. The molecule has 30 N–H and O–H groups in total. The van der Waals surface area contributed by atoms with E-state index < -0.39 is 221 Å². The Balaban J connectivity index is 1.22. The topological polar surface area (TPSA) is 708 Å². The number of nitrogens with one attached hydrogen (secondary N) is 18. The Hall–Kier alpha value is -14.6. The number of primary amides is 1. The van der Waals surface area contributed by atoms with Gasteiger partial charge in [-0.2, -0.15) is 0 Å². The molecule has 45 heteroatoms. The van der Waals surface area contributed by atoms with Crippen LogP contribution in [0.3, 0.4) is 0 Å². The number of amides is 16. The van der Waals surface area contributed by atoms with Gasteiger partial charge in [0.2, 0.25) is 94.5 Å². The van der Waals surface area contributed by atoms with Crippen LogP contribution in [0.15, 0.2) is 152 Å². The second kappa shape index (κ2) is 55.9. The van der Waals surface area contributed by atoms with E-state index in [1.54, 1.807) is 112 Å². The highest BCUT2D eigenvalue weighted by Crippen LogP contribution is 2.23. The summed E-state index contributed by atoms with van der Waals surface area (Å²) in [6.45, 7) is 5.30. The number of benzene rings is 5. The van der Waals surface area contributed by atoms with Crippen molar-refractivity contribution in [2.75, 3.05) is 44.3 Å². The normalized spacial score (nSPS) is 22.7. The lowest BCUT2D eigenvalue weighted by atomic mass is 9.96. The number of thioether (sulfide) groups is 1. The number of hydrogen-bond donors (Lipinski definition) is 26. The first-order valence-corrected chi connectivity index (χ1v) is 47.7. The molecule has 762 valence electrons. The third-order valence-corrected chi connectivity index (χ3v) is 24.6. The summed E-state index contributed by atoms with van der Waals surface area (Å²) in [5.74, 6) is -18.9. The number of aromatic amines is 1. The number of aromatic nitrogens is 3. The largest absolute Gasteiger partial charge is 0.508 e. The number of nitrogens with zero attached hydrogens (tertiary/aromatic N) is 2. The van der Waals surface area contributed by atoms with Gasteiger partial charge in [-0.05, 0) is 149 Å². The number of aliphatic hydroxyl groups is 2. The predicted molar refractivity (Wildman–Crippen MR) is 523 cm³/mol. The Kier molecular flexibility index (Phi) is 44.3. The Morgan fingerprint density at radius 1 is 0.496 bits per heavy atom. The second-order valence-electron chi connectivity index (χ2n) is 35.2. The van der Waals surface area contributed by atoms with Crippen molar-refractivity contribution in [3.05, 3.63) is 186 Å². The van der Waals surface area contributed by atoms with E-state index in [2.05, 4.69) is 95.0 Å². The minimum atomic E-state index is -2.04. The van der Waals surface area contributed by atoms with E-state index in [-0.39, 0.29) is 115 Å². The first-order valence-electron chi connectivity index (χ1n) is 46.6. The highest BCUT2D eigenvalue weighted by atomic mass is 32.2. The van der Waals surface area contributed by atoms with Crippen LogP contribution < -0.4 is 108 Å². The molecule has 141 heavy (non-hydrogen) atoms. The number of guanidine groups is 1.